The molecule has 0 radical (unpaired) electrons. The van der Waals surface area contributed by atoms with Gasteiger partial charge in [-0.05, 0) is 36.2 Å². The van der Waals surface area contributed by atoms with Crippen molar-refractivity contribution in [2.24, 2.45) is 0 Å². The van der Waals surface area contributed by atoms with Gasteiger partial charge in [0, 0.05) is 39.2 Å². The van der Waals surface area contributed by atoms with E-state index in [1.807, 2.05) is 24.4 Å². The first-order chi connectivity index (χ1) is 11.6. The average molecular weight is 393 g/mol. The van der Waals surface area contributed by atoms with Gasteiger partial charge in [-0.15, -0.1) is 0 Å². The van der Waals surface area contributed by atoms with Crippen LogP contribution in [0.4, 0.5) is 8.78 Å². The van der Waals surface area contributed by atoms with Crippen LogP contribution in [0.15, 0.2) is 53.1 Å². The molecular formula is C18H15BrF2N2O. The van der Waals surface area contributed by atoms with Crippen molar-refractivity contribution < 1.29 is 13.6 Å². The largest absolute Gasteiger partial charge is 0.361 e. The Kier molecular flexibility index (Phi) is 4.94. The van der Waals surface area contributed by atoms with Crippen molar-refractivity contribution in [2.75, 3.05) is 6.54 Å². The summed E-state index contributed by atoms with van der Waals surface area (Å²) >= 11 is 3.44. The predicted molar refractivity (Wildman–Crippen MR) is 93.4 cm³/mol. The first-order valence-electron chi connectivity index (χ1n) is 7.47. The summed E-state index contributed by atoms with van der Waals surface area (Å²) in [7, 11) is 0. The molecule has 6 heteroatoms. The molecule has 1 amide bonds. The Hall–Kier alpha value is -2.21. The van der Waals surface area contributed by atoms with Gasteiger partial charge in [-0.3, -0.25) is 4.79 Å². The van der Waals surface area contributed by atoms with Gasteiger partial charge in [0.15, 0.2) is 0 Å². The number of hydrogen-bond acceptors (Lipinski definition) is 1. The van der Waals surface area contributed by atoms with Crippen LogP contribution in [0.1, 0.15) is 27.9 Å². The van der Waals surface area contributed by atoms with E-state index in [1.54, 1.807) is 6.07 Å². The van der Waals surface area contributed by atoms with E-state index in [4.69, 9.17) is 0 Å². The molecule has 3 nitrogen and oxygen atoms in total. The van der Waals surface area contributed by atoms with Crippen LogP contribution < -0.4 is 5.32 Å². The van der Waals surface area contributed by atoms with Gasteiger partial charge in [-0.1, -0.05) is 34.1 Å². The molecule has 2 aromatic carbocycles. The van der Waals surface area contributed by atoms with Gasteiger partial charge in [0.1, 0.15) is 0 Å². The quantitative estimate of drug-likeness (QED) is 0.640. The summed E-state index contributed by atoms with van der Waals surface area (Å²) in [4.78, 5) is 15.3. The van der Waals surface area contributed by atoms with Crippen LogP contribution >= 0.6 is 15.9 Å². The number of H-pyrrole nitrogens is 1. The maximum atomic E-state index is 13.0. The van der Waals surface area contributed by atoms with Gasteiger partial charge in [0.2, 0.25) is 0 Å². The molecular weight excluding hydrogens is 378 g/mol. The fraction of sp³-hybridized carbons (Fsp3) is 0.167. The predicted octanol–water partition coefficient (Wildman–Crippen LogP) is 4.84. The molecule has 0 unspecified atom stereocenters. The van der Waals surface area contributed by atoms with E-state index in [0.29, 0.717) is 13.0 Å². The molecule has 3 aromatic rings. The van der Waals surface area contributed by atoms with E-state index < -0.39 is 12.3 Å². The fourth-order valence-corrected chi connectivity index (χ4v) is 3.02. The second-order valence-electron chi connectivity index (χ2n) is 5.40. The minimum Gasteiger partial charge on any atom is -0.361 e. The zero-order valence-electron chi connectivity index (χ0n) is 12.7. The summed E-state index contributed by atoms with van der Waals surface area (Å²) in [6, 6.07) is 11.7. The number of carbonyl (C=O) groups is 1. The summed E-state index contributed by atoms with van der Waals surface area (Å²) in [6.45, 7) is 0.371. The number of amides is 1. The number of nitrogens with one attached hydrogen (secondary N) is 2. The fourth-order valence-electron chi connectivity index (χ4n) is 2.66. The van der Waals surface area contributed by atoms with E-state index in [2.05, 4.69) is 26.2 Å². The zero-order valence-corrected chi connectivity index (χ0v) is 14.2. The first kappa shape index (κ1) is 16.6. The highest BCUT2D eigenvalue weighted by Gasteiger charge is 2.17. The maximum Gasteiger partial charge on any atom is 0.264 e. The standard InChI is InChI=1S/C18H15BrF2N2O/c19-12-5-6-16-15(9-12)11(10-23-16)7-8-22-18(24)14-4-2-1-3-13(14)17(20)21/h1-6,9-10,17,23H,7-8H2,(H,22,24). The van der Waals surface area contributed by atoms with E-state index in [9.17, 15) is 13.6 Å². The summed E-state index contributed by atoms with van der Waals surface area (Å²) in [6.07, 6.45) is -0.159. The van der Waals surface area contributed by atoms with Crippen molar-refractivity contribution in [3.05, 3.63) is 69.8 Å². The van der Waals surface area contributed by atoms with E-state index in [0.717, 1.165) is 20.9 Å². The molecule has 124 valence electrons. The van der Waals surface area contributed by atoms with Crippen molar-refractivity contribution in [3.63, 3.8) is 0 Å². The highest BCUT2D eigenvalue weighted by atomic mass is 79.9. The molecule has 1 heterocycles. The van der Waals surface area contributed by atoms with Gasteiger partial charge in [0.05, 0.1) is 0 Å². The Balaban J connectivity index is 1.68. The summed E-state index contributed by atoms with van der Waals surface area (Å²) < 4.78 is 26.9. The molecule has 3 rings (SSSR count). The minimum atomic E-state index is -2.67. The topological polar surface area (TPSA) is 44.9 Å². The van der Waals surface area contributed by atoms with Crippen LogP contribution in [0.5, 0.6) is 0 Å². The molecule has 0 spiro atoms. The van der Waals surface area contributed by atoms with Gasteiger partial charge in [0.25, 0.3) is 12.3 Å². The van der Waals surface area contributed by atoms with Crippen molar-refractivity contribution in [3.8, 4) is 0 Å². The minimum absolute atomic E-state index is 0.0224. The van der Waals surface area contributed by atoms with E-state index in [-0.39, 0.29) is 11.1 Å². The van der Waals surface area contributed by atoms with Gasteiger partial charge >= 0.3 is 0 Å². The summed E-state index contributed by atoms with van der Waals surface area (Å²) in [5, 5.41) is 3.79. The van der Waals surface area contributed by atoms with E-state index >= 15 is 0 Å². The number of fused-ring (bicyclic) bond motifs is 1. The summed E-state index contributed by atoms with van der Waals surface area (Å²) in [5.41, 5.74) is 1.86. The molecule has 0 aliphatic carbocycles. The third-order valence-corrected chi connectivity index (χ3v) is 4.34. The maximum absolute atomic E-state index is 13.0. The third-order valence-electron chi connectivity index (χ3n) is 3.85. The number of aromatic amines is 1. The first-order valence-corrected chi connectivity index (χ1v) is 8.26. The Labute approximate surface area is 146 Å². The molecule has 0 saturated heterocycles. The van der Waals surface area contributed by atoms with Crippen LogP contribution in [0.3, 0.4) is 0 Å². The van der Waals surface area contributed by atoms with Crippen LogP contribution in [0.2, 0.25) is 0 Å². The van der Waals surface area contributed by atoms with Crippen molar-refractivity contribution in [1.29, 1.82) is 0 Å². The Morgan fingerprint density at radius 3 is 2.79 bits per heavy atom. The highest BCUT2D eigenvalue weighted by Crippen LogP contribution is 2.24. The lowest BCUT2D eigenvalue weighted by Crippen LogP contribution is -2.26. The molecule has 0 aliphatic heterocycles. The third kappa shape index (κ3) is 3.48. The molecule has 0 aliphatic rings. The molecule has 24 heavy (non-hydrogen) atoms. The molecule has 0 atom stereocenters. The smallest absolute Gasteiger partial charge is 0.264 e. The lowest BCUT2D eigenvalue weighted by molar-refractivity contribution is 0.0940. The van der Waals surface area contributed by atoms with Crippen molar-refractivity contribution in [1.82, 2.24) is 10.3 Å². The average Bonchev–Trinajstić information content (AvgIpc) is 2.97. The number of hydrogen-bond donors (Lipinski definition) is 2. The molecule has 0 saturated carbocycles. The molecule has 0 fully saturated rings. The van der Waals surface area contributed by atoms with Gasteiger partial charge in [-0.2, -0.15) is 0 Å². The number of carbonyl (C=O) groups excluding carboxylic acids is 1. The number of alkyl halides is 2. The Bertz CT molecular complexity index is 876. The Morgan fingerprint density at radius 1 is 1.21 bits per heavy atom. The zero-order chi connectivity index (χ0) is 17.1. The lowest BCUT2D eigenvalue weighted by Gasteiger charge is -2.09. The monoisotopic (exact) mass is 392 g/mol. The Morgan fingerprint density at radius 2 is 2.00 bits per heavy atom. The number of aromatic nitrogens is 1. The van der Waals surface area contributed by atoms with Crippen LogP contribution in [-0.4, -0.2) is 17.4 Å². The second kappa shape index (κ2) is 7.13. The number of rotatable bonds is 5. The van der Waals surface area contributed by atoms with Crippen LogP contribution in [0, 0.1) is 0 Å². The van der Waals surface area contributed by atoms with Gasteiger partial charge in [-0.25, -0.2) is 8.78 Å². The van der Waals surface area contributed by atoms with Crippen LogP contribution in [0.25, 0.3) is 10.9 Å². The highest BCUT2D eigenvalue weighted by molar-refractivity contribution is 9.10. The van der Waals surface area contributed by atoms with Crippen molar-refractivity contribution >= 4 is 32.7 Å². The lowest BCUT2D eigenvalue weighted by atomic mass is 10.1. The van der Waals surface area contributed by atoms with Gasteiger partial charge < -0.3 is 10.3 Å². The molecule has 2 N–H and O–H groups in total. The number of benzene rings is 2. The van der Waals surface area contributed by atoms with E-state index in [1.165, 1.54) is 18.2 Å². The van der Waals surface area contributed by atoms with Crippen molar-refractivity contribution in [2.45, 2.75) is 12.8 Å². The SMILES string of the molecule is O=C(NCCc1c[nH]c2ccc(Br)cc12)c1ccccc1C(F)F. The normalized spacial score (nSPS) is 11.2. The number of halogens is 3. The molecule has 0 bridgehead atoms. The molecule has 1 aromatic heterocycles. The van der Waals surface area contributed by atoms with Crippen LogP contribution in [-0.2, 0) is 6.42 Å². The second-order valence-corrected chi connectivity index (χ2v) is 6.31. The summed E-state index contributed by atoms with van der Waals surface area (Å²) in [5.74, 6) is -0.480.